The Morgan fingerprint density at radius 1 is 0.952 bits per heavy atom. The minimum absolute atomic E-state index is 0.00119. The summed E-state index contributed by atoms with van der Waals surface area (Å²) in [6.45, 7) is 1.19. The molecule has 0 bridgehead atoms. The van der Waals surface area contributed by atoms with E-state index in [1.165, 1.54) is 44.4 Å². The van der Waals surface area contributed by atoms with E-state index in [2.05, 4.69) is 0 Å². The predicted molar refractivity (Wildman–Crippen MR) is 137 cm³/mol. The standard InChI is InChI=1S/C28H22BF6NO6/c1-14-25(16-9-18(27(30,31)32)12-19(10-16)28(33,34)35)42-26(39)36(14)13-17-11-20(29)4-6-21(17)41-23-7-15(8-24(37)38)3-5-22(23)40-2/h3-7,9-12,14,25H,8,13H2,1-2H3,(H,37,38)/t14-,25-/m1/s1. The third-order valence-electron chi connectivity index (χ3n) is 6.56. The summed E-state index contributed by atoms with van der Waals surface area (Å²) >= 11 is 0. The van der Waals surface area contributed by atoms with Crippen LogP contribution in [0.1, 0.15) is 40.8 Å². The van der Waals surface area contributed by atoms with Crippen molar-refractivity contribution in [2.45, 2.75) is 44.4 Å². The number of amides is 1. The topological polar surface area (TPSA) is 85.3 Å². The second-order valence-electron chi connectivity index (χ2n) is 9.54. The zero-order chi connectivity index (χ0) is 31.0. The molecule has 220 valence electrons. The van der Waals surface area contributed by atoms with E-state index >= 15 is 0 Å². The number of hydrogen-bond donors (Lipinski definition) is 1. The van der Waals surface area contributed by atoms with Crippen LogP contribution in [0, 0.1) is 0 Å². The van der Waals surface area contributed by atoms with Crippen molar-refractivity contribution >= 4 is 25.4 Å². The van der Waals surface area contributed by atoms with Crippen molar-refractivity contribution in [3.8, 4) is 17.2 Å². The maximum Gasteiger partial charge on any atom is 0.416 e. The number of methoxy groups -OCH3 is 1. The normalized spacial score (nSPS) is 17.2. The van der Waals surface area contributed by atoms with Crippen LogP contribution in [-0.4, -0.2) is 43.1 Å². The van der Waals surface area contributed by atoms with E-state index in [4.69, 9.17) is 27.2 Å². The Balaban J connectivity index is 1.66. The molecular formula is C28H22BF6NO6. The highest BCUT2D eigenvalue weighted by Gasteiger charge is 2.43. The van der Waals surface area contributed by atoms with Gasteiger partial charge in [-0.25, -0.2) is 4.79 Å². The van der Waals surface area contributed by atoms with Crippen LogP contribution in [0.2, 0.25) is 0 Å². The SMILES string of the molecule is [B]c1ccc(Oc2cc(CC(=O)O)ccc2OC)c(CN2C(=O)O[C@@H](c3cc(C(F)(F)F)cc(C(F)(F)F)c3)[C@H]2C)c1. The lowest BCUT2D eigenvalue weighted by Crippen LogP contribution is -2.32. The summed E-state index contributed by atoms with van der Waals surface area (Å²) < 4.78 is 97.0. The molecule has 2 radical (unpaired) electrons. The van der Waals surface area contributed by atoms with Gasteiger partial charge in [0.25, 0.3) is 0 Å². The molecular weight excluding hydrogens is 571 g/mol. The van der Waals surface area contributed by atoms with Crippen molar-refractivity contribution in [1.29, 1.82) is 0 Å². The van der Waals surface area contributed by atoms with Crippen LogP contribution in [0.25, 0.3) is 0 Å². The summed E-state index contributed by atoms with van der Waals surface area (Å²) in [4.78, 5) is 25.1. The molecule has 3 aromatic rings. The van der Waals surface area contributed by atoms with Crippen molar-refractivity contribution in [3.63, 3.8) is 0 Å². The number of cyclic esters (lactones) is 1. The van der Waals surface area contributed by atoms with Gasteiger partial charge in [-0.1, -0.05) is 23.7 Å². The molecule has 42 heavy (non-hydrogen) atoms. The lowest BCUT2D eigenvalue weighted by atomic mass is 9.93. The number of carboxylic acids is 1. The van der Waals surface area contributed by atoms with Crippen molar-refractivity contribution in [1.82, 2.24) is 4.90 Å². The third-order valence-corrected chi connectivity index (χ3v) is 6.56. The van der Waals surface area contributed by atoms with Crippen LogP contribution in [-0.2, 0) is 34.8 Å². The fraction of sp³-hybridized carbons (Fsp3) is 0.286. The summed E-state index contributed by atoms with van der Waals surface area (Å²) in [5, 5.41) is 9.12. The molecule has 0 aromatic heterocycles. The van der Waals surface area contributed by atoms with Gasteiger partial charge in [-0.15, -0.1) is 0 Å². The zero-order valence-electron chi connectivity index (χ0n) is 22.0. The molecule has 3 aromatic carbocycles. The maximum absolute atomic E-state index is 13.4. The molecule has 1 heterocycles. The van der Waals surface area contributed by atoms with Gasteiger partial charge in [-0.2, -0.15) is 26.3 Å². The molecule has 1 amide bonds. The number of hydrogen-bond acceptors (Lipinski definition) is 5. The Bertz CT molecular complexity index is 1480. The van der Waals surface area contributed by atoms with Gasteiger partial charge in [-0.3, -0.25) is 9.69 Å². The second-order valence-corrected chi connectivity index (χ2v) is 9.54. The number of alkyl halides is 6. The Labute approximate surface area is 237 Å². The van der Waals surface area contributed by atoms with Crippen LogP contribution in [0.15, 0.2) is 54.6 Å². The number of carbonyl (C=O) groups excluding carboxylic acids is 1. The number of halogens is 6. The van der Waals surface area contributed by atoms with Crippen LogP contribution in [0.4, 0.5) is 31.1 Å². The van der Waals surface area contributed by atoms with E-state index in [9.17, 15) is 35.9 Å². The number of carbonyl (C=O) groups is 2. The molecule has 1 aliphatic rings. The number of aliphatic carboxylic acids is 1. The highest BCUT2D eigenvalue weighted by molar-refractivity contribution is 6.32. The Morgan fingerprint density at radius 2 is 1.57 bits per heavy atom. The summed E-state index contributed by atoms with van der Waals surface area (Å²) in [6, 6.07) is 9.04. The Morgan fingerprint density at radius 3 is 2.14 bits per heavy atom. The molecule has 0 aliphatic carbocycles. The number of rotatable bonds is 8. The first-order valence-electron chi connectivity index (χ1n) is 12.3. The highest BCUT2D eigenvalue weighted by atomic mass is 19.4. The van der Waals surface area contributed by atoms with Crippen molar-refractivity contribution in [3.05, 3.63) is 82.4 Å². The van der Waals surface area contributed by atoms with Gasteiger partial charge in [-0.05, 0) is 54.4 Å². The molecule has 7 nitrogen and oxygen atoms in total. The summed E-state index contributed by atoms with van der Waals surface area (Å²) in [5.41, 5.74) is -2.52. The Kier molecular flexibility index (Phi) is 8.37. The number of carboxylic acid groups (broad SMARTS) is 1. The van der Waals surface area contributed by atoms with E-state index in [1.54, 1.807) is 6.07 Å². The minimum atomic E-state index is -5.07. The molecule has 4 rings (SSSR count). The smallest absolute Gasteiger partial charge is 0.416 e. The van der Waals surface area contributed by atoms with Gasteiger partial charge in [0.15, 0.2) is 11.5 Å². The molecule has 1 saturated heterocycles. The lowest BCUT2D eigenvalue weighted by Gasteiger charge is -2.23. The molecule has 1 aliphatic heterocycles. The largest absolute Gasteiger partial charge is 0.493 e. The van der Waals surface area contributed by atoms with Gasteiger partial charge < -0.3 is 19.3 Å². The van der Waals surface area contributed by atoms with Crippen molar-refractivity contribution in [2.75, 3.05) is 7.11 Å². The van der Waals surface area contributed by atoms with Gasteiger partial charge in [0.1, 0.15) is 19.7 Å². The molecule has 14 heteroatoms. The first-order chi connectivity index (χ1) is 19.6. The average Bonchev–Trinajstić information content (AvgIpc) is 3.17. The predicted octanol–water partition coefficient (Wildman–Crippen LogP) is 6.03. The summed E-state index contributed by atoms with van der Waals surface area (Å²) in [6.07, 6.45) is -12.9. The van der Waals surface area contributed by atoms with Crippen LogP contribution < -0.4 is 14.9 Å². The molecule has 0 saturated carbocycles. The fourth-order valence-electron chi connectivity index (χ4n) is 4.51. The molecule has 0 spiro atoms. The zero-order valence-corrected chi connectivity index (χ0v) is 22.0. The maximum atomic E-state index is 13.4. The first-order valence-corrected chi connectivity index (χ1v) is 12.3. The Hall–Kier alpha value is -4.36. The van der Waals surface area contributed by atoms with E-state index in [1.807, 2.05) is 0 Å². The minimum Gasteiger partial charge on any atom is -0.493 e. The van der Waals surface area contributed by atoms with Crippen molar-refractivity contribution in [2.24, 2.45) is 0 Å². The van der Waals surface area contributed by atoms with Gasteiger partial charge in [0, 0.05) is 5.56 Å². The lowest BCUT2D eigenvalue weighted by molar-refractivity contribution is -0.143. The number of ether oxygens (including phenoxy) is 3. The summed E-state index contributed by atoms with van der Waals surface area (Å²) in [5.74, 6) is -0.470. The van der Waals surface area contributed by atoms with E-state index in [-0.39, 0.29) is 41.7 Å². The van der Waals surface area contributed by atoms with Gasteiger partial charge in [0.05, 0.1) is 37.2 Å². The number of benzene rings is 3. The molecule has 2 atom stereocenters. The molecule has 1 fully saturated rings. The van der Waals surface area contributed by atoms with E-state index in [0.717, 1.165) is 4.90 Å². The fourth-order valence-corrected chi connectivity index (χ4v) is 4.51. The third kappa shape index (κ3) is 6.74. The first kappa shape index (κ1) is 30.6. The van der Waals surface area contributed by atoms with E-state index < -0.39 is 53.3 Å². The van der Waals surface area contributed by atoms with Gasteiger partial charge in [0.2, 0.25) is 0 Å². The van der Waals surface area contributed by atoms with Gasteiger partial charge >= 0.3 is 24.4 Å². The summed E-state index contributed by atoms with van der Waals surface area (Å²) in [7, 11) is 7.32. The second kappa shape index (κ2) is 11.5. The van der Waals surface area contributed by atoms with Crippen LogP contribution in [0.5, 0.6) is 17.2 Å². The molecule has 1 N–H and O–H groups in total. The highest BCUT2D eigenvalue weighted by Crippen LogP contribution is 2.42. The van der Waals surface area contributed by atoms with Crippen LogP contribution in [0.3, 0.4) is 0 Å². The van der Waals surface area contributed by atoms with Crippen molar-refractivity contribution < 1.29 is 55.2 Å². The monoisotopic (exact) mass is 593 g/mol. The van der Waals surface area contributed by atoms with E-state index in [0.29, 0.717) is 23.3 Å². The molecule has 0 unspecified atom stereocenters. The average molecular weight is 593 g/mol. The quantitative estimate of drug-likeness (QED) is 0.254. The van der Waals surface area contributed by atoms with Crippen LogP contribution >= 0.6 is 0 Å². The number of nitrogens with zero attached hydrogens (tertiary/aromatic N) is 1.